The molecular weight excluding hydrogens is 523 g/mol. The standard InChI is InChI=1S/C27H28ClFN8S/c28-20-15-22(26(29)24(16-20)34-38-36-11-1-2-12-36)23-18-37(33-27(23)19-5-7-30-8-6-19)25-4-3-21(17-32-25)35-13-9-31-10-14-35/h3-8,15-18,31,34H,1-2,9-14H2. The van der Waals surface area contributed by atoms with Crippen LogP contribution in [0.1, 0.15) is 12.8 Å². The van der Waals surface area contributed by atoms with Gasteiger partial charge in [0.2, 0.25) is 0 Å². The Hall–Kier alpha value is -3.18. The maximum atomic E-state index is 15.9. The van der Waals surface area contributed by atoms with Crippen LogP contribution in [0.25, 0.3) is 28.2 Å². The van der Waals surface area contributed by atoms with Gasteiger partial charge in [0.25, 0.3) is 0 Å². The Labute approximate surface area is 230 Å². The number of benzene rings is 1. The largest absolute Gasteiger partial charge is 0.368 e. The van der Waals surface area contributed by atoms with Crippen molar-refractivity contribution in [1.82, 2.24) is 29.4 Å². The minimum atomic E-state index is -0.377. The number of aromatic nitrogens is 4. The summed E-state index contributed by atoms with van der Waals surface area (Å²) in [6.45, 7) is 5.76. The van der Waals surface area contributed by atoms with Crippen LogP contribution in [0.5, 0.6) is 0 Å². The molecule has 0 aliphatic carbocycles. The van der Waals surface area contributed by atoms with Gasteiger partial charge in [0.05, 0.1) is 17.6 Å². The van der Waals surface area contributed by atoms with E-state index in [0.29, 0.717) is 33.3 Å². The van der Waals surface area contributed by atoms with E-state index in [1.54, 1.807) is 29.2 Å². The average molecular weight is 551 g/mol. The first-order chi connectivity index (χ1) is 18.7. The summed E-state index contributed by atoms with van der Waals surface area (Å²) in [6.07, 6.45) is 9.38. The molecule has 38 heavy (non-hydrogen) atoms. The highest BCUT2D eigenvalue weighted by Gasteiger charge is 2.22. The van der Waals surface area contributed by atoms with E-state index < -0.39 is 0 Å². The molecule has 11 heteroatoms. The summed E-state index contributed by atoms with van der Waals surface area (Å²) in [6, 6.07) is 11.0. The summed E-state index contributed by atoms with van der Waals surface area (Å²) in [7, 11) is 0. The lowest BCUT2D eigenvalue weighted by atomic mass is 10.0. The second-order valence-corrected chi connectivity index (χ2v) is 10.7. The van der Waals surface area contributed by atoms with Gasteiger partial charge in [-0.25, -0.2) is 18.4 Å². The summed E-state index contributed by atoms with van der Waals surface area (Å²) in [5, 5.41) is 8.65. The molecule has 8 nitrogen and oxygen atoms in total. The Morgan fingerprint density at radius 3 is 2.50 bits per heavy atom. The molecule has 1 aromatic carbocycles. The SMILES string of the molecule is Fc1c(NSN2CCCC2)cc(Cl)cc1-c1cn(-c2ccc(N3CCNCC3)cn2)nc1-c1ccncc1. The third-order valence-electron chi connectivity index (χ3n) is 6.79. The number of piperazine rings is 1. The van der Waals surface area contributed by atoms with Gasteiger partial charge in [-0.05, 0) is 49.2 Å². The molecule has 0 spiro atoms. The van der Waals surface area contributed by atoms with E-state index >= 15 is 4.39 Å². The first-order valence-electron chi connectivity index (χ1n) is 12.8. The molecular formula is C27H28ClFN8S. The summed E-state index contributed by atoms with van der Waals surface area (Å²) in [5.74, 6) is 0.272. The first kappa shape index (κ1) is 25.1. The van der Waals surface area contributed by atoms with Crippen molar-refractivity contribution in [1.29, 1.82) is 0 Å². The smallest absolute Gasteiger partial charge is 0.155 e. The molecule has 6 rings (SSSR count). The maximum absolute atomic E-state index is 15.9. The summed E-state index contributed by atoms with van der Waals surface area (Å²) in [5.41, 5.74) is 3.86. The fourth-order valence-corrected chi connectivity index (χ4v) is 5.82. The first-order valence-corrected chi connectivity index (χ1v) is 13.9. The van der Waals surface area contributed by atoms with E-state index in [1.165, 1.54) is 12.1 Å². The second kappa shape index (κ2) is 11.3. The van der Waals surface area contributed by atoms with Crippen molar-refractivity contribution >= 4 is 35.1 Å². The Kier molecular flexibility index (Phi) is 7.46. The Balaban J connectivity index is 1.37. The highest BCUT2D eigenvalue weighted by molar-refractivity contribution is 7.98. The van der Waals surface area contributed by atoms with Gasteiger partial charge in [-0.2, -0.15) is 5.10 Å². The molecule has 0 unspecified atom stereocenters. The summed E-state index contributed by atoms with van der Waals surface area (Å²) in [4.78, 5) is 11.1. The number of pyridine rings is 2. The van der Waals surface area contributed by atoms with Crippen molar-refractivity contribution in [3.05, 3.63) is 72.0 Å². The van der Waals surface area contributed by atoms with Crippen LogP contribution in [0.4, 0.5) is 15.8 Å². The predicted octanol–water partition coefficient (Wildman–Crippen LogP) is 5.27. The Morgan fingerprint density at radius 1 is 0.974 bits per heavy atom. The van der Waals surface area contributed by atoms with Gasteiger partial charge >= 0.3 is 0 Å². The lowest BCUT2D eigenvalue weighted by molar-refractivity contribution is 0.588. The fraction of sp³-hybridized carbons (Fsp3) is 0.296. The van der Waals surface area contributed by atoms with Crippen LogP contribution in [0.2, 0.25) is 5.02 Å². The van der Waals surface area contributed by atoms with Crippen molar-refractivity contribution < 1.29 is 4.39 Å². The van der Waals surface area contributed by atoms with E-state index in [4.69, 9.17) is 16.7 Å². The van der Waals surface area contributed by atoms with Crippen LogP contribution in [0, 0.1) is 5.82 Å². The lowest BCUT2D eigenvalue weighted by Crippen LogP contribution is -2.43. The topological polar surface area (TPSA) is 74.1 Å². The maximum Gasteiger partial charge on any atom is 0.155 e. The van der Waals surface area contributed by atoms with E-state index in [0.717, 1.165) is 63.4 Å². The summed E-state index contributed by atoms with van der Waals surface area (Å²) < 4.78 is 23.0. The van der Waals surface area contributed by atoms with E-state index in [2.05, 4.69) is 35.3 Å². The van der Waals surface area contributed by atoms with Gasteiger partial charge in [0.1, 0.15) is 5.69 Å². The predicted molar refractivity (Wildman–Crippen MR) is 152 cm³/mol. The zero-order valence-electron chi connectivity index (χ0n) is 20.8. The number of nitrogens with one attached hydrogen (secondary N) is 2. The van der Waals surface area contributed by atoms with Crippen molar-refractivity contribution in [2.75, 3.05) is 48.9 Å². The number of hydrogen-bond acceptors (Lipinski definition) is 8. The average Bonchev–Trinajstić information content (AvgIpc) is 3.65. The van der Waals surface area contributed by atoms with Gasteiger partial charge in [0, 0.05) is 91.7 Å². The van der Waals surface area contributed by atoms with Crippen LogP contribution < -0.4 is 14.9 Å². The number of rotatable bonds is 7. The van der Waals surface area contributed by atoms with Crippen molar-refractivity contribution in [2.24, 2.45) is 0 Å². The molecule has 0 atom stereocenters. The minimum Gasteiger partial charge on any atom is -0.368 e. The van der Waals surface area contributed by atoms with Crippen LogP contribution in [0.15, 0.2) is 61.2 Å². The minimum absolute atomic E-state index is 0.344. The molecule has 2 N–H and O–H groups in total. The molecule has 0 bridgehead atoms. The van der Waals surface area contributed by atoms with Crippen LogP contribution in [-0.2, 0) is 0 Å². The Bertz CT molecular complexity index is 1390. The number of hydrogen-bond donors (Lipinski definition) is 2. The highest BCUT2D eigenvalue weighted by atomic mass is 35.5. The summed E-state index contributed by atoms with van der Waals surface area (Å²) >= 11 is 7.91. The second-order valence-electron chi connectivity index (χ2n) is 9.33. The molecule has 0 radical (unpaired) electrons. The zero-order chi connectivity index (χ0) is 25.9. The molecule has 196 valence electrons. The van der Waals surface area contributed by atoms with E-state index in [1.807, 2.05) is 30.6 Å². The number of anilines is 2. The third kappa shape index (κ3) is 5.35. The van der Waals surface area contributed by atoms with Gasteiger partial charge in [-0.1, -0.05) is 11.6 Å². The van der Waals surface area contributed by atoms with Crippen molar-refractivity contribution in [2.45, 2.75) is 12.8 Å². The molecule has 0 saturated carbocycles. The Morgan fingerprint density at radius 2 is 1.76 bits per heavy atom. The van der Waals surface area contributed by atoms with Gasteiger partial charge in [-0.3, -0.25) is 4.98 Å². The molecule has 2 fully saturated rings. The fourth-order valence-electron chi connectivity index (χ4n) is 4.79. The van der Waals surface area contributed by atoms with Gasteiger partial charge in [0.15, 0.2) is 11.6 Å². The van der Waals surface area contributed by atoms with Gasteiger partial charge < -0.3 is 14.9 Å². The molecule has 2 saturated heterocycles. The van der Waals surface area contributed by atoms with Gasteiger partial charge in [-0.15, -0.1) is 0 Å². The normalized spacial score (nSPS) is 16.2. The quantitative estimate of drug-likeness (QED) is 0.302. The number of nitrogens with zero attached hydrogens (tertiary/aromatic N) is 6. The van der Waals surface area contributed by atoms with E-state index in [-0.39, 0.29) is 5.82 Å². The van der Waals surface area contributed by atoms with Crippen LogP contribution in [-0.4, -0.2) is 63.3 Å². The number of halogens is 2. The van der Waals surface area contributed by atoms with Crippen molar-refractivity contribution in [3.8, 4) is 28.2 Å². The highest BCUT2D eigenvalue weighted by Crippen LogP contribution is 2.38. The lowest BCUT2D eigenvalue weighted by Gasteiger charge is -2.29. The molecule has 5 heterocycles. The third-order valence-corrected chi connectivity index (χ3v) is 7.95. The zero-order valence-corrected chi connectivity index (χ0v) is 22.4. The molecule has 4 aromatic rings. The van der Waals surface area contributed by atoms with Crippen LogP contribution >= 0.6 is 23.7 Å². The molecule has 0 amide bonds. The molecule has 2 aliphatic rings. The molecule has 3 aromatic heterocycles. The van der Waals surface area contributed by atoms with E-state index in [9.17, 15) is 0 Å². The monoisotopic (exact) mass is 550 g/mol. The molecule has 2 aliphatic heterocycles. The van der Waals surface area contributed by atoms with Crippen molar-refractivity contribution in [3.63, 3.8) is 0 Å². The van der Waals surface area contributed by atoms with Crippen LogP contribution in [0.3, 0.4) is 0 Å².